The number of carbonyl (C=O) groups excluding carboxylic acids is 1. The average Bonchev–Trinajstić information content (AvgIpc) is 2.67. The third-order valence-corrected chi connectivity index (χ3v) is 4.92. The van der Waals surface area contributed by atoms with Gasteiger partial charge in [0.2, 0.25) is 0 Å². The molecule has 0 spiro atoms. The third-order valence-electron chi connectivity index (χ3n) is 4.92. The first-order chi connectivity index (χ1) is 13.9. The van der Waals surface area contributed by atoms with Crippen molar-refractivity contribution in [3.8, 4) is 17.2 Å². The number of ketones is 1. The summed E-state index contributed by atoms with van der Waals surface area (Å²) < 4.78 is 11.8. The molecule has 152 valence electrons. The molecule has 1 aliphatic heterocycles. The second-order valence-corrected chi connectivity index (χ2v) is 7.64. The monoisotopic (exact) mass is 392 g/mol. The molecule has 0 aliphatic carbocycles. The van der Waals surface area contributed by atoms with Crippen molar-refractivity contribution in [2.24, 2.45) is 0 Å². The van der Waals surface area contributed by atoms with E-state index in [-0.39, 0.29) is 29.6 Å². The van der Waals surface area contributed by atoms with E-state index in [9.17, 15) is 9.90 Å². The lowest BCUT2D eigenvalue weighted by Gasteiger charge is -2.26. The van der Waals surface area contributed by atoms with Crippen molar-refractivity contribution in [1.29, 1.82) is 0 Å². The molecule has 3 rings (SSSR count). The van der Waals surface area contributed by atoms with Gasteiger partial charge in [0.05, 0.1) is 6.42 Å². The fourth-order valence-electron chi connectivity index (χ4n) is 3.32. The Labute approximate surface area is 172 Å². The lowest BCUT2D eigenvalue weighted by atomic mass is 9.95. The minimum Gasteiger partial charge on any atom is -0.507 e. The van der Waals surface area contributed by atoms with Crippen LogP contribution in [0.2, 0.25) is 0 Å². The van der Waals surface area contributed by atoms with Gasteiger partial charge in [-0.2, -0.15) is 0 Å². The van der Waals surface area contributed by atoms with Crippen molar-refractivity contribution in [2.75, 3.05) is 6.61 Å². The molecular weight excluding hydrogens is 364 g/mol. The van der Waals surface area contributed by atoms with E-state index in [2.05, 4.69) is 26.8 Å². The van der Waals surface area contributed by atoms with Crippen LogP contribution in [-0.2, 0) is 0 Å². The largest absolute Gasteiger partial charge is 0.507 e. The number of Topliss-reactive ketones (excluding diaryl/α,β-unsaturated/α-hetero) is 1. The fourth-order valence-corrected chi connectivity index (χ4v) is 3.32. The molecule has 4 heteroatoms. The molecule has 1 unspecified atom stereocenters. The Balaban J connectivity index is 1.69. The highest BCUT2D eigenvalue weighted by Crippen LogP contribution is 2.41. The highest BCUT2D eigenvalue weighted by molar-refractivity contribution is 6.02. The van der Waals surface area contributed by atoms with E-state index in [0.29, 0.717) is 18.1 Å². The molecule has 1 atom stereocenters. The number of carbonyl (C=O) groups is 1. The van der Waals surface area contributed by atoms with Crippen molar-refractivity contribution >= 4 is 5.78 Å². The van der Waals surface area contributed by atoms with E-state index >= 15 is 0 Å². The first-order valence-electron chi connectivity index (χ1n) is 9.97. The summed E-state index contributed by atoms with van der Waals surface area (Å²) in [5.41, 5.74) is 3.74. The molecule has 0 fully saturated rings. The highest BCUT2D eigenvalue weighted by Gasteiger charge is 2.30. The molecular formula is C25H28O4. The van der Waals surface area contributed by atoms with Crippen LogP contribution in [0.3, 0.4) is 0 Å². The maximum atomic E-state index is 12.6. The van der Waals surface area contributed by atoms with Crippen LogP contribution in [0.5, 0.6) is 17.2 Å². The zero-order chi connectivity index (χ0) is 20.8. The Hall–Kier alpha value is -3.01. The Bertz CT molecular complexity index is 921. The van der Waals surface area contributed by atoms with E-state index in [1.807, 2.05) is 36.4 Å². The molecule has 2 aromatic rings. The van der Waals surface area contributed by atoms with Crippen molar-refractivity contribution in [2.45, 2.75) is 46.1 Å². The number of rotatable bonds is 7. The summed E-state index contributed by atoms with van der Waals surface area (Å²) in [6.45, 7) is 6.67. The van der Waals surface area contributed by atoms with Crippen molar-refractivity contribution in [3.63, 3.8) is 0 Å². The molecule has 0 radical (unpaired) electrons. The summed E-state index contributed by atoms with van der Waals surface area (Å²) in [4.78, 5) is 12.6. The summed E-state index contributed by atoms with van der Waals surface area (Å²) in [7, 11) is 0. The number of phenols is 1. The second-order valence-electron chi connectivity index (χ2n) is 7.64. The number of benzene rings is 2. The second kappa shape index (κ2) is 9.46. The number of hydrogen-bond acceptors (Lipinski definition) is 4. The van der Waals surface area contributed by atoms with Gasteiger partial charge in [-0.05, 0) is 45.3 Å². The van der Waals surface area contributed by atoms with Crippen molar-refractivity contribution in [3.05, 3.63) is 76.9 Å². The number of fused-ring (bicyclic) bond motifs is 1. The Morgan fingerprint density at radius 2 is 1.93 bits per heavy atom. The third kappa shape index (κ3) is 5.50. The van der Waals surface area contributed by atoms with E-state index < -0.39 is 0 Å². The average molecular weight is 392 g/mol. The van der Waals surface area contributed by atoms with Gasteiger partial charge in [0.15, 0.2) is 5.78 Å². The van der Waals surface area contributed by atoms with E-state index in [1.165, 1.54) is 17.2 Å². The van der Waals surface area contributed by atoms with Crippen LogP contribution >= 0.6 is 0 Å². The van der Waals surface area contributed by atoms with Crippen LogP contribution < -0.4 is 9.47 Å². The smallest absolute Gasteiger partial charge is 0.174 e. The molecule has 1 N–H and O–H groups in total. The topological polar surface area (TPSA) is 55.8 Å². The van der Waals surface area contributed by atoms with Crippen LogP contribution in [0, 0.1) is 0 Å². The molecule has 0 amide bonds. The summed E-state index contributed by atoms with van der Waals surface area (Å²) in [6.07, 6.45) is 6.11. The first-order valence-corrected chi connectivity index (χ1v) is 9.97. The van der Waals surface area contributed by atoms with E-state index in [0.717, 1.165) is 18.4 Å². The van der Waals surface area contributed by atoms with Gasteiger partial charge in [-0.1, -0.05) is 47.6 Å². The molecule has 0 bridgehead atoms. The van der Waals surface area contributed by atoms with Crippen LogP contribution in [0.4, 0.5) is 0 Å². The van der Waals surface area contributed by atoms with Gasteiger partial charge in [0.25, 0.3) is 0 Å². The predicted octanol–water partition coefficient (Wildman–Crippen LogP) is 6.17. The number of hydrogen-bond donors (Lipinski definition) is 1. The van der Waals surface area contributed by atoms with Crippen molar-refractivity contribution in [1.82, 2.24) is 0 Å². The SMILES string of the molecule is CC(C)=CCC/C(C)=C\COc1cc(O)c2c(c1)OC(c1ccccc1)CC2=O. The summed E-state index contributed by atoms with van der Waals surface area (Å²) in [5.74, 6) is 0.628. The van der Waals surface area contributed by atoms with Gasteiger partial charge >= 0.3 is 0 Å². The van der Waals surface area contributed by atoms with Crippen LogP contribution in [0.25, 0.3) is 0 Å². The normalized spacial score (nSPS) is 16.0. The maximum Gasteiger partial charge on any atom is 0.174 e. The van der Waals surface area contributed by atoms with Gasteiger partial charge < -0.3 is 14.6 Å². The minimum absolute atomic E-state index is 0.0988. The van der Waals surface area contributed by atoms with E-state index in [4.69, 9.17) is 9.47 Å². The first kappa shape index (κ1) is 20.7. The predicted molar refractivity (Wildman–Crippen MR) is 115 cm³/mol. The highest BCUT2D eigenvalue weighted by atomic mass is 16.5. The van der Waals surface area contributed by atoms with Gasteiger partial charge in [0, 0.05) is 12.1 Å². The number of aromatic hydroxyl groups is 1. The molecule has 0 saturated carbocycles. The minimum atomic E-state index is -0.358. The van der Waals surface area contributed by atoms with Crippen LogP contribution in [0.15, 0.2) is 65.8 Å². The van der Waals surface area contributed by atoms with Crippen molar-refractivity contribution < 1.29 is 19.4 Å². The Kier molecular flexibility index (Phi) is 6.76. The van der Waals surface area contributed by atoms with Gasteiger partial charge in [-0.15, -0.1) is 0 Å². The van der Waals surface area contributed by atoms with Gasteiger partial charge in [-0.25, -0.2) is 0 Å². The molecule has 0 aromatic heterocycles. The molecule has 0 saturated heterocycles. The zero-order valence-electron chi connectivity index (χ0n) is 17.3. The quantitative estimate of drug-likeness (QED) is 0.573. The number of phenolic OH excluding ortho intramolecular Hbond substituents is 1. The lowest BCUT2D eigenvalue weighted by molar-refractivity contribution is 0.0844. The zero-order valence-corrected chi connectivity index (χ0v) is 17.3. The fraction of sp³-hybridized carbons (Fsp3) is 0.320. The molecule has 1 heterocycles. The van der Waals surface area contributed by atoms with Gasteiger partial charge in [-0.3, -0.25) is 4.79 Å². The molecule has 29 heavy (non-hydrogen) atoms. The standard InChI is InChI=1S/C25H28O4/c1-17(2)8-7-9-18(3)12-13-28-20-14-21(26)25-22(27)16-23(29-24(25)15-20)19-10-5-4-6-11-19/h4-6,8,10-12,14-15,23,26H,7,9,13,16H2,1-3H3/b18-12-. The summed E-state index contributed by atoms with van der Waals surface area (Å²) in [5, 5.41) is 10.3. The summed E-state index contributed by atoms with van der Waals surface area (Å²) >= 11 is 0. The lowest BCUT2D eigenvalue weighted by Crippen LogP contribution is -2.20. The number of allylic oxidation sites excluding steroid dienone is 3. The Morgan fingerprint density at radius 3 is 2.66 bits per heavy atom. The van der Waals surface area contributed by atoms with Crippen LogP contribution in [0.1, 0.15) is 62.1 Å². The summed E-state index contributed by atoms with van der Waals surface area (Å²) in [6, 6.07) is 12.8. The molecule has 4 nitrogen and oxygen atoms in total. The van der Waals surface area contributed by atoms with Crippen LogP contribution in [-0.4, -0.2) is 17.5 Å². The molecule has 2 aromatic carbocycles. The van der Waals surface area contributed by atoms with E-state index in [1.54, 1.807) is 6.07 Å². The maximum absolute atomic E-state index is 12.6. The van der Waals surface area contributed by atoms with Gasteiger partial charge in [0.1, 0.15) is 35.5 Å². The Morgan fingerprint density at radius 1 is 1.17 bits per heavy atom. The number of ether oxygens (including phenoxy) is 2. The molecule has 1 aliphatic rings.